The van der Waals surface area contributed by atoms with E-state index in [2.05, 4.69) is 89.1 Å². The smallest absolute Gasteiger partial charge is 0.311 e. The third-order valence-electron chi connectivity index (χ3n) is 8.34. The van der Waals surface area contributed by atoms with Crippen LogP contribution in [0.2, 0.25) is 0 Å². The first-order valence-electron chi connectivity index (χ1n) is 12.3. The number of fused-ring (bicyclic) bond motifs is 1. The van der Waals surface area contributed by atoms with E-state index in [0.29, 0.717) is 6.54 Å². The number of nitrogens with zero attached hydrogens (tertiary/aromatic N) is 1. The summed E-state index contributed by atoms with van der Waals surface area (Å²) in [5.74, 6) is -0.470. The van der Waals surface area contributed by atoms with Crippen LogP contribution in [0, 0.1) is 11.3 Å². The third kappa shape index (κ3) is 3.31. The molecule has 4 atom stereocenters. The maximum absolute atomic E-state index is 13.1. The number of nitrogens with one attached hydrogen (secondary N) is 1. The first-order valence-corrected chi connectivity index (χ1v) is 12.3. The molecule has 2 fully saturated rings. The molecule has 1 saturated heterocycles. The lowest BCUT2D eigenvalue weighted by atomic mass is 9.42. The second kappa shape index (κ2) is 9.01. The number of carboxylic acids is 1. The van der Waals surface area contributed by atoms with E-state index in [-0.39, 0.29) is 17.3 Å². The minimum atomic E-state index is -0.739. The Morgan fingerprint density at radius 3 is 2.26 bits per heavy atom. The zero-order chi connectivity index (χ0) is 23.8. The summed E-state index contributed by atoms with van der Waals surface area (Å²) in [6, 6.07) is 29.8. The van der Waals surface area contributed by atoms with Crippen LogP contribution in [-0.4, -0.2) is 43.2 Å². The molecule has 0 spiro atoms. The Bertz CT molecular complexity index is 1150. The van der Waals surface area contributed by atoms with Crippen LogP contribution >= 0.6 is 0 Å². The Balaban J connectivity index is 0.000000764. The van der Waals surface area contributed by atoms with Crippen molar-refractivity contribution >= 4 is 5.97 Å². The van der Waals surface area contributed by atoms with E-state index in [9.17, 15) is 9.90 Å². The van der Waals surface area contributed by atoms with Crippen LogP contribution in [0.15, 0.2) is 84.9 Å². The zero-order valence-corrected chi connectivity index (χ0v) is 20.1. The summed E-state index contributed by atoms with van der Waals surface area (Å²) in [7, 11) is 3.75. The number of aliphatic carboxylic acids is 1. The van der Waals surface area contributed by atoms with Crippen molar-refractivity contribution in [3.63, 3.8) is 0 Å². The Kier molecular flexibility index (Phi) is 6.05. The van der Waals surface area contributed by atoms with Gasteiger partial charge in [-0.25, -0.2) is 0 Å². The highest BCUT2D eigenvalue weighted by molar-refractivity contribution is 5.80. The molecule has 0 aromatic heterocycles. The number of likely N-dealkylation sites (tertiary alicyclic amines) is 1. The lowest BCUT2D eigenvalue weighted by Gasteiger charge is -2.59. The molecule has 7 rings (SSSR count). The van der Waals surface area contributed by atoms with Crippen LogP contribution in [0.1, 0.15) is 41.0 Å². The van der Waals surface area contributed by atoms with E-state index >= 15 is 0 Å². The number of hydrogen-bond donors (Lipinski definition) is 2. The molecule has 2 N–H and O–H groups in total. The average Bonchev–Trinajstić information content (AvgIpc) is 3.28. The van der Waals surface area contributed by atoms with Crippen LogP contribution in [0.25, 0.3) is 0 Å². The van der Waals surface area contributed by atoms with Gasteiger partial charge in [0.1, 0.15) is 0 Å². The summed E-state index contributed by atoms with van der Waals surface area (Å²) in [6.45, 7) is 2.25. The van der Waals surface area contributed by atoms with Gasteiger partial charge >= 0.3 is 5.97 Å². The number of hydrogen-bond acceptors (Lipinski definition) is 3. The van der Waals surface area contributed by atoms with Gasteiger partial charge in [0, 0.05) is 36.9 Å². The monoisotopic (exact) mass is 454 g/mol. The molecule has 34 heavy (non-hydrogen) atoms. The summed E-state index contributed by atoms with van der Waals surface area (Å²) < 4.78 is 0. The molecule has 0 amide bonds. The molecule has 4 heteroatoms. The standard InChI is InChI=1S/C28H27NO2.C2H7N/c30-26(31)28-19-29(17-20-9-3-1-4-10-20)18-25(28)27(21-11-5-2-6-12-21)16-15-24(28)22-13-7-8-14-23(22)27;1-3-2/h1-14,24-25H,15-19H2,(H,30,31);3H,1-2H3. The first-order chi connectivity index (χ1) is 16.6. The molecule has 1 heterocycles. The normalized spacial score (nSPS) is 29.0. The lowest BCUT2D eigenvalue weighted by Crippen LogP contribution is -2.60. The number of carboxylic acid groups (broad SMARTS) is 1. The van der Waals surface area contributed by atoms with Crippen LogP contribution in [0.5, 0.6) is 0 Å². The van der Waals surface area contributed by atoms with Crippen LogP contribution < -0.4 is 5.32 Å². The molecular formula is C30H34N2O2. The van der Waals surface area contributed by atoms with Crippen molar-refractivity contribution in [2.45, 2.75) is 30.7 Å². The van der Waals surface area contributed by atoms with Gasteiger partial charge < -0.3 is 10.4 Å². The van der Waals surface area contributed by atoms with E-state index in [0.717, 1.165) is 25.9 Å². The van der Waals surface area contributed by atoms with Crippen LogP contribution in [-0.2, 0) is 16.8 Å². The van der Waals surface area contributed by atoms with Gasteiger partial charge in [-0.15, -0.1) is 0 Å². The van der Waals surface area contributed by atoms with Crippen molar-refractivity contribution in [3.8, 4) is 0 Å². The van der Waals surface area contributed by atoms with Gasteiger partial charge in [0.2, 0.25) is 0 Å². The van der Waals surface area contributed by atoms with E-state index in [1.54, 1.807) is 0 Å². The van der Waals surface area contributed by atoms with Crippen molar-refractivity contribution in [2.24, 2.45) is 11.3 Å². The summed E-state index contributed by atoms with van der Waals surface area (Å²) in [4.78, 5) is 15.5. The molecular weight excluding hydrogens is 420 g/mol. The third-order valence-corrected chi connectivity index (χ3v) is 8.34. The molecule has 4 nitrogen and oxygen atoms in total. The van der Waals surface area contributed by atoms with Crippen molar-refractivity contribution in [1.29, 1.82) is 0 Å². The summed E-state index contributed by atoms with van der Waals surface area (Å²) in [5, 5.41) is 13.5. The minimum absolute atomic E-state index is 0.0669. The van der Waals surface area contributed by atoms with Gasteiger partial charge in [0.25, 0.3) is 0 Å². The SMILES string of the molecule is CNC.O=C(O)C12CN(Cc3ccccc3)CC1C1(c3ccccc3)CCC2c2ccccc21. The molecule has 1 aliphatic heterocycles. The Hall–Kier alpha value is -2.95. The lowest BCUT2D eigenvalue weighted by molar-refractivity contribution is -0.157. The van der Waals surface area contributed by atoms with Crippen LogP contribution in [0.3, 0.4) is 0 Å². The summed E-state index contributed by atoms with van der Waals surface area (Å²) >= 11 is 0. The van der Waals surface area contributed by atoms with Crippen LogP contribution in [0.4, 0.5) is 0 Å². The van der Waals surface area contributed by atoms with Gasteiger partial charge in [-0.3, -0.25) is 9.69 Å². The molecule has 1 saturated carbocycles. The first kappa shape index (κ1) is 22.8. The van der Waals surface area contributed by atoms with Gasteiger partial charge in [0.15, 0.2) is 0 Å². The number of carbonyl (C=O) groups is 1. The highest BCUT2D eigenvalue weighted by Crippen LogP contribution is 2.68. The van der Waals surface area contributed by atoms with E-state index in [1.807, 2.05) is 20.2 Å². The maximum Gasteiger partial charge on any atom is 0.311 e. The minimum Gasteiger partial charge on any atom is -0.481 e. The topological polar surface area (TPSA) is 52.6 Å². The highest BCUT2D eigenvalue weighted by atomic mass is 16.4. The fourth-order valence-electron chi connectivity index (χ4n) is 7.25. The fourth-order valence-corrected chi connectivity index (χ4v) is 7.25. The Labute approximate surface area is 202 Å². The highest BCUT2D eigenvalue weighted by Gasteiger charge is 2.70. The summed E-state index contributed by atoms with van der Waals surface area (Å²) in [6.07, 6.45) is 1.96. The molecule has 0 radical (unpaired) electrons. The second-order valence-electron chi connectivity index (χ2n) is 10.1. The van der Waals surface area contributed by atoms with Crippen molar-refractivity contribution in [1.82, 2.24) is 10.2 Å². The number of benzene rings is 3. The molecule has 3 aliphatic carbocycles. The summed E-state index contributed by atoms with van der Waals surface area (Å²) in [5.41, 5.74) is 4.17. The molecule has 4 unspecified atom stereocenters. The molecule has 2 bridgehead atoms. The Morgan fingerprint density at radius 2 is 1.59 bits per heavy atom. The molecule has 4 aliphatic rings. The van der Waals surface area contributed by atoms with Crippen molar-refractivity contribution < 1.29 is 9.90 Å². The van der Waals surface area contributed by atoms with E-state index in [1.165, 1.54) is 22.3 Å². The fraction of sp³-hybridized carbons (Fsp3) is 0.367. The Morgan fingerprint density at radius 1 is 0.971 bits per heavy atom. The van der Waals surface area contributed by atoms with Gasteiger partial charge in [-0.1, -0.05) is 84.9 Å². The molecule has 3 aromatic rings. The molecule has 176 valence electrons. The van der Waals surface area contributed by atoms with E-state index in [4.69, 9.17) is 0 Å². The predicted molar refractivity (Wildman–Crippen MR) is 136 cm³/mol. The molecule has 3 aromatic carbocycles. The van der Waals surface area contributed by atoms with Crippen molar-refractivity contribution in [3.05, 3.63) is 107 Å². The average molecular weight is 455 g/mol. The largest absolute Gasteiger partial charge is 0.481 e. The van der Waals surface area contributed by atoms with Crippen molar-refractivity contribution in [2.75, 3.05) is 27.2 Å². The quantitative estimate of drug-likeness (QED) is 0.589. The second-order valence-corrected chi connectivity index (χ2v) is 10.1. The maximum atomic E-state index is 13.1. The number of rotatable bonds is 4. The zero-order valence-electron chi connectivity index (χ0n) is 20.1. The van der Waals surface area contributed by atoms with Gasteiger partial charge in [-0.2, -0.15) is 0 Å². The van der Waals surface area contributed by atoms with Gasteiger partial charge in [0.05, 0.1) is 5.41 Å². The van der Waals surface area contributed by atoms with Gasteiger partial charge in [-0.05, 0) is 49.2 Å². The predicted octanol–water partition coefficient (Wildman–Crippen LogP) is 4.90. The van der Waals surface area contributed by atoms with E-state index < -0.39 is 11.4 Å².